The van der Waals surface area contributed by atoms with E-state index >= 15 is 0 Å². The van der Waals surface area contributed by atoms with Crippen LogP contribution in [-0.2, 0) is 4.79 Å². The van der Waals surface area contributed by atoms with Gasteiger partial charge < -0.3 is 10.2 Å². The molecule has 0 spiro atoms. The summed E-state index contributed by atoms with van der Waals surface area (Å²) < 4.78 is 39.1. The first-order valence-corrected chi connectivity index (χ1v) is 12.9. The highest BCUT2D eigenvalue weighted by molar-refractivity contribution is 7.10. The first-order chi connectivity index (χ1) is 17.2. The lowest BCUT2D eigenvalue weighted by Gasteiger charge is -2.30. The Morgan fingerprint density at radius 3 is 2.42 bits per heavy atom. The molecule has 1 saturated heterocycles. The van der Waals surface area contributed by atoms with Crippen LogP contribution in [-0.4, -0.2) is 41.0 Å². The monoisotopic (exact) mass is 515 g/mol. The average molecular weight is 516 g/mol. The minimum absolute atomic E-state index is 0.163. The van der Waals surface area contributed by atoms with Crippen molar-refractivity contribution in [1.82, 2.24) is 9.88 Å². The number of halogens is 3. The molecule has 2 amide bonds. The Morgan fingerprint density at radius 1 is 1.11 bits per heavy atom. The Balaban J connectivity index is 1.45. The normalized spacial score (nSPS) is 15.5. The lowest BCUT2D eigenvalue weighted by atomic mass is 9.96. The van der Waals surface area contributed by atoms with Gasteiger partial charge in [-0.3, -0.25) is 9.59 Å². The average Bonchev–Trinajstić information content (AvgIpc) is 3.38. The Bertz CT molecular complexity index is 1220. The van der Waals surface area contributed by atoms with Crippen molar-refractivity contribution in [2.24, 2.45) is 0 Å². The highest BCUT2D eigenvalue weighted by Gasteiger charge is 2.36. The smallest absolute Gasteiger partial charge is 0.343 e. The summed E-state index contributed by atoms with van der Waals surface area (Å²) in [5, 5.41) is 5.54. The van der Waals surface area contributed by atoms with Crippen LogP contribution in [0.15, 0.2) is 53.9 Å². The number of likely N-dealkylation sites (tertiary alicyclic amines) is 1. The fraction of sp³-hybridized carbons (Fsp3) is 0.370. The van der Waals surface area contributed by atoms with Gasteiger partial charge in [0.2, 0.25) is 5.91 Å². The van der Waals surface area contributed by atoms with Crippen molar-refractivity contribution < 1.29 is 22.8 Å². The van der Waals surface area contributed by atoms with E-state index in [0.717, 1.165) is 24.8 Å². The zero-order valence-electron chi connectivity index (χ0n) is 20.1. The van der Waals surface area contributed by atoms with Crippen LogP contribution in [0.4, 0.5) is 18.9 Å². The summed E-state index contributed by atoms with van der Waals surface area (Å²) in [6, 6.07) is 13.4. The van der Waals surface area contributed by atoms with Crippen LogP contribution in [0.25, 0.3) is 11.1 Å². The van der Waals surface area contributed by atoms with Crippen molar-refractivity contribution in [3.63, 3.8) is 0 Å². The number of rotatable bonds is 6. The summed E-state index contributed by atoms with van der Waals surface area (Å²) in [6.07, 6.45) is -2.15. The van der Waals surface area contributed by atoms with Gasteiger partial charge in [0, 0.05) is 42.1 Å². The van der Waals surface area contributed by atoms with Crippen LogP contribution in [0, 0.1) is 0 Å². The Morgan fingerprint density at radius 2 is 1.78 bits per heavy atom. The van der Waals surface area contributed by atoms with Crippen LogP contribution in [0.2, 0.25) is 0 Å². The zero-order valence-corrected chi connectivity index (χ0v) is 21.0. The van der Waals surface area contributed by atoms with E-state index in [0.29, 0.717) is 42.0 Å². The summed E-state index contributed by atoms with van der Waals surface area (Å²) in [6.45, 7) is 4.40. The molecule has 1 fully saturated rings. The summed E-state index contributed by atoms with van der Waals surface area (Å²) in [5.41, 5.74) is 2.48. The van der Waals surface area contributed by atoms with Gasteiger partial charge in [0.15, 0.2) is 0 Å². The lowest BCUT2D eigenvalue weighted by Crippen LogP contribution is -2.37. The number of amides is 2. The van der Waals surface area contributed by atoms with Crippen LogP contribution < -0.4 is 5.32 Å². The largest absolute Gasteiger partial charge is 0.395 e. The Kier molecular flexibility index (Phi) is 7.78. The van der Waals surface area contributed by atoms with Gasteiger partial charge in [-0.1, -0.05) is 49.4 Å². The van der Waals surface area contributed by atoms with Crippen molar-refractivity contribution in [3.8, 4) is 11.1 Å². The molecule has 9 heteroatoms. The van der Waals surface area contributed by atoms with E-state index in [1.807, 2.05) is 24.0 Å². The lowest BCUT2D eigenvalue weighted by molar-refractivity contribution is -0.146. The van der Waals surface area contributed by atoms with Gasteiger partial charge in [-0.2, -0.15) is 13.2 Å². The zero-order chi connectivity index (χ0) is 25.9. The highest BCUT2D eigenvalue weighted by Crippen LogP contribution is 2.36. The topological polar surface area (TPSA) is 62.3 Å². The number of aromatic nitrogens is 1. The quantitative estimate of drug-likeness (QED) is 0.391. The number of para-hydroxylation sites is 1. The molecule has 0 aliphatic carbocycles. The summed E-state index contributed by atoms with van der Waals surface area (Å²) in [5.74, 6) is -1.51. The van der Waals surface area contributed by atoms with Gasteiger partial charge in [-0.15, -0.1) is 11.3 Å². The molecule has 4 rings (SSSR count). The molecule has 1 atom stereocenters. The van der Waals surface area contributed by atoms with E-state index < -0.39 is 12.1 Å². The number of hydrogen-bond donors (Lipinski definition) is 1. The molecule has 36 heavy (non-hydrogen) atoms. The van der Waals surface area contributed by atoms with Crippen molar-refractivity contribution in [2.45, 2.75) is 51.1 Å². The van der Waals surface area contributed by atoms with Gasteiger partial charge in [0.25, 0.3) is 5.91 Å². The van der Waals surface area contributed by atoms with E-state index in [9.17, 15) is 22.8 Å². The second-order valence-electron chi connectivity index (χ2n) is 8.96. The number of anilines is 1. The highest BCUT2D eigenvalue weighted by atomic mass is 32.1. The molecule has 0 saturated carbocycles. The van der Waals surface area contributed by atoms with Crippen LogP contribution in [0.5, 0.6) is 0 Å². The number of alkyl halides is 3. The molecular formula is C27H28F3N3O2S. The summed E-state index contributed by atoms with van der Waals surface area (Å²) >= 11 is 1.45. The number of benzene rings is 2. The predicted molar refractivity (Wildman–Crippen MR) is 135 cm³/mol. The molecule has 1 unspecified atom stereocenters. The number of hydrogen-bond acceptors (Lipinski definition) is 4. The van der Waals surface area contributed by atoms with Gasteiger partial charge in [0.1, 0.15) is 5.69 Å². The Hall–Kier alpha value is -3.20. The number of nitrogens with one attached hydrogen (secondary N) is 1. The molecule has 2 aromatic carbocycles. The molecule has 1 aliphatic rings. The number of piperidine rings is 1. The molecule has 2 heterocycles. The fourth-order valence-electron chi connectivity index (χ4n) is 4.35. The third kappa shape index (κ3) is 5.78. The van der Waals surface area contributed by atoms with Gasteiger partial charge in [-0.05, 0) is 37.0 Å². The second kappa shape index (κ2) is 10.8. The number of carbonyl (C=O) groups excluding carboxylic acids is 2. The second-order valence-corrected chi connectivity index (χ2v) is 9.85. The molecule has 190 valence electrons. The first-order valence-electron chi connectivity index (χ1n) is 12.0. The molecule has 0 radical (unpaired) electrons. The minimum Gasteiger partial charge on any atom is -0.343 e. The van der Waals surface area contributed by atoms with Crippen molar-refractivity contribution in [2.75, 3.05) is 18.4 Å². The van der Waals surface area contributed by atoms with Gasteiger partial charge in [-0.25, -0.2) is 4.98 Å². The van der Waals surface area contributed by atoms with E-state index in [2.05, 4.69) is 10.3 Å². The molecular weight excluding hydrogens is 487 g/mol. The van der Waals surface area contributed by atoms with E-state index in [1.54, 1.807) is 29.6 Å². The fourth-order valence-corrected chi connectivity index (χ4v) is 5.32. The Labute approximate surface area is 212 Å². The van der Waals surface area contributed by atoms with Crippen LogP contribution in [0.3, 0.4) is 0 Å². The third-order valence-electron chi connectivity index (χ3n) is 6.64. The van der Waals surface area contributed by atoms with Crippen molar-refractivity contribution in [3.05, 3.63) is 70.2 Å². The summed E-state index contributed by atoms with van der Waals surface area (Å²) in [7, 11) is 0. The minimum atomic E-state index is -4.30. The number of nitrogens with zero attached hydrogens (tertiary/aromatic N) is 2. The van der Waals surface area contributed by atoms with Gasteiger partial charge in [0.05, 0.1) is 10.9 Å². The maximum Gasteiger partial charge on any atom is 0.395 e. The first kappa shape index (κ1) is 25.9. The van der Waals surface area contributed by atoms with E-state index in [-0.39, 0.29) is 23.3 Å². The number of carbonyl (C=O) groups is 2. The maximum absolute atomic E-state index is 13.0. The SMILES string of the molecule is CCC(=O)N1CCC(c2nc(C(=O)Nc3ccccc3-c3ccc(C(C)C(F)(F)F)cc3)cs2)CC1. The molecule has 0 bridgehead atoms. The summed E-state index contributed by atoms with van der Waals surface area (Å²) in [4.78, 5) is 31.3. The predicted octanol–water partition coefficient (Wildman–Crippen LogP) is 6.84. The molecule has 5 nitrogen and oxygen atoms in total. The molecule has 1 aliphatic heterocycles. The van der Waals surface area contributed by atoms with Crippen molar-refractivity contribution in [1.29, 1.82) is 0 Å². The third-order valence-corrected chi connectivity index (χ3v) is 7.65. The standard InChI is InChI=1S/C27H28F3N3O2S/c1-3-24(34)33-14-12-20(13-15-33)26-32-23(16-36-26)25(35)31-22-7-5-4-6-21(22)19-10-8-18(9-11-19)17(2)27(28,29)30/h4-11,16-17,20H,3,12-15H2,1-2H3,(H,31,35). The molecule has 1 aromatic heterocycles. The van der Waals surface area contributed by atoms with Crippen LogP contribution in [0.1, 0.15) is 66.0 Å². The van der Waals surface area contributed by atoms with Crippen LogP contribution >= 0.6 is 11.3 Å². The van der Waals surface area contributed by atoms with E-state index in [4.69, 9.17) is 0 Å². The number of thiazole rings is 1. The van der Waals surface area contributed by atoms with Gasteiger partial charge >= 0.3 is 6.18 Å². The maximum atomic E-state index is 13.0. The van der Waals surface area contributed by atoms with Crippen molar-refractivity contribution >= 4 is 28.8 Å². The van der Waals surface area contributed by atoms with E-state index in [1.165, 1.54) is 23.5 Å². The molecule has 3 aromatic rings. The molecule has 1 N–H and O–H groups in total.